The van der Waals surface area contributed by atoms with E-state index in [4.69, 9.17) is 5.26 Å². The Morgan fingerprint density at radius 2 is 2.43 bits per heavy atom. The molecule has 0 bridgehead atoms. The highest BCUT2D eigenvalue weighted by Crippen LogP contribution is 2.12. The van der Waals surface area contributed by atoms with Crippen molar-refractivity contribution >= 4 is 0 Å². The number of hydrogen-bond acceptors (Lipinski definition) is 3. The van der Waals surface area contributed by atoms with Gasteiger partial charge in [-0.3, -0.25) is 0 Å². The van der Waals surface area contributed by atoms with Crippen molar-refractivity contribution < 1.29 is 0 Å². The van der Waals surface area contributed by atoms with E-state index in [1.807, 2.05) is 17.7 Å². The van der Waals surface area contributed by atoms with E-state index in [1.165, 1.54) is 0 Å². The second-order valence-electron chi connectivity index (χ2n) is 3.08. The topological polar surface area (TPSA) is 53.6 Å². The molecule has 1 N–H and O–H groups in total. The van der Waals surface area contributed by atoms with Crippen LogP contribution in [-0.4, -0.2) is 16.1 Å². The minimum atomic E-state index is -0.0915. The van der Waals surface area contributed by atoms with Crippen LogP contribution in [0.4, 0.5) is 0 Å². The Morgan fingerprint density at radius 1 is 1.64 bits per heavy atom. The van der Waals surface area contributed by atoms with Gasteiger partial charge >= 0.3 is 0 Å². The summed E-state index contributed by atoms with van der Waals surface area (Å²) in [5.41, 5.74) is 0. The summed E-state index contributed by atoms with van der Waals surface area (Å²) in [4.78, 5) is 4.22. The van der Waals surface area contributed by atoms with Gasteiger partial charge in [0.25, 0.3) is 0 Å². The SMILES string of the molecule is CCNCc1nccn1C(C#N)CC. The third-order valence-electron chi connectivity index (χ3n) is 2.15. The average Bonchev–Trinajstić information content (AvgIpc) is 2.65. The lowest BCUT2D eigenvalue weighted by atomic mass is 10.2. The van der Waals surface area contributed by atoms with Gasteiger partial charge in [-0.1, -0.05) is 13.8 Å². The van der Waals surface area contributed by atoms with Crippen LogP contribution >= 0.6 is 0 Å². The Balaban J connectivity index is 2.76. The van der Waals surface area contributed by atoms with E-state index in [9.17, 15) is 0 Å². The van der Waals surface area contributed by atoms with Crippen molar-refractivity contribution in [2.24, 2.45) is 0 Å². The minimum Gasteiger partial charge on any atom is -0.317 e. The Hall–Kier alpha value is -1.34. The molecule has 0 aliphatic carbocycles. The van der Waals surface area contributed by atoms with Crippen LogP contribution in [0.3, 0.4) is 0 Å². The highest BCUT2D eigenvalue weighted by molar-refractivity contribution is 5.00. The first-order valence-electron chi connectivity index (χ1n) is 4.95. The van der Waals surface area contributed by atoms with Crippen molar-refractivity contribution in [1.82, 2.24) is 14.9 Å². The fourth-order valence-corrected chi connectivity index (χ4v) is 1.35. The van der Waals surface area contributed by atoms with Crippen LogP contribution in [-0.2, 0) is 6.54 Å². The molecule has 0 aliphatic heterocycles. The fraction of sp³-hybridized carbons (Fsp3) is 0.600. The normalized spacial score (nSPS) is 12.4. The number of nitriles is 1. The molecular weight excluding hydrogens is 176 g/mol. The van der Waals surface area contributed by atoms with E-state index in [1.54, 1.807) is 6.20 Å². The summed E-state index contributed by atoms with van der Waals surface area (Å²) in [6, 6.07) is 2.17. The summed E-state index contributed by atoms with van der Waals surface area (Å²) in [5.74, 6) is 0.931. The van der Waals surface area contributed by atoms with Gasteiger partial charge in [-0.15, -0.1) is 0 Å². The molecule has 0 saturated heterocycles. The molecule has 0 fully saturated rings. The third-order valence-corrected chi connectivity index (χ3v) is 2.15. The summed E-state index contributed by atoms with van der Waals surface area (Å²) >= 11 is 0. The van der Waals surface area contributed by atoms with Crippen molar-refractivity contribution in [3.63, 3.8) is 0 Å². The summed E-state index contributed by atoms with van der Waals surface area (Å²) in [5, 5.41) is 12.1. The molecule has 0 aliphatic rings. The maximum Gasteiger partial charge on any atom is 0.123 e. The number of nitrogens with zero attached hydrogens (tertiary/aromatic N) is 3. The van der Waals surface area contributed by atoms with Crippen molar-refractivity contribution in [3.8, 4) is 6.07 Å². The Kier molecular flexibility index (Phi) is 4.14. The van der Waals surface area contributed by atoms with Crippen LogP contribution in [0, 0.1) is 11.3 Å². The van der Waals surface area contributed by atoms with Gasteiger partial charge in [0.1, 0.15) is 11.9 Å². The van der Waals surface area contributed by atoms with Crippen molar-refractivity contribution in [2.45, 2.75) is 32.9 Å². The Bertz CT molecular complexity index is 310. The largest absolute Gasteiger partial charge is 0.317 e. The quantitative estimate of drug-likeness (QED) is 0.768. The molecule has 1 atom stereocenters. The Morgan fingerprint density at radius 3 is 3.00 bits per heavy atom. The molecule has 0 saturated carbocycles. The number of imidazole rings is 1. The maximum atomic E-state index is 8.93. The molecule has 0 radical (unpaired) electrons. The highest BCUT2D eigenvalue weighted by Gasteiger charge is 2.10. The number of hydrogen-bond donors (Lipinski definition) is 1. The van der Waals surface area contributed by atoms with Crippen molar-refractivity contribution in [1.29, 1.82) is 5.26 Å². The molecule has 1 aromatic rings. The van der Waals surface area contributed by atoms with E-state index in [0.717, 1.165) is 25.3 Å². The van der Waals surface area contributed by atoms with Gasteiger partial charge in [0, 0.05) is 12.4 Å². The number of rotatable bonds is 5. The molecule has 1 rings (SSSR count). The predicted octanol–water partition coefficient (Wildman–Crippen LogP) is 1.47. The molecule has 1 heterocycles. The molecule has 14 heavy (non-hydrogen) atoms. The van der Waals surface area contributed by atoms with E-state index in [-0.39, 0.29) is 6.04 Å². The number of nitrogens with one attached hydrogen (secondary N) is 1. The lowest BCUT2D eigenvalue weighted by Gasteiger charge is -2.11. The van der Waals surface area contributed by atoms with Crippen LogP contribution < -0.4 is 5.32 Å². The monoisotopic (exact) mass is 192 g/mol. The van der Waals surface area contributed by atoms with E-state index < -0.39 is 0 Å². The van der Waals surface area contributed by atoms with Crippen molar-refractivity contribution in [3.05, 3.63) is 18.2 Å². The summed E-state index contributed by atoms with van der Waals surface area (Å²) in [6.07, 6.45) is 4.42. The van der Waals surface area contributed by atoms with Gasteiger partial charge in [0.15, 0.2) is 0 Å². The van der Waals surface area contributed by atoms with Gasteiger partial charge in [0.2, 0.25) is 0 Å². The lowest BCUT2D eigenvalue weighted by molar-refractivity contribution is 0.548. The minimum absolute atomic E-state index is 0.0915. The zero-order valence-corrected chi connectivity index (χ0v) is 8.70. The van der Waals surface area contributed by atoms with E-state index >= 15 is 0 Å². The smallest absolute Gasteiger partial charge is 0.123 e. The molecule has 4 heteroatoms. The summed E-state index contributed by atoms with van der Waals surface area (Å²) in [7, 11) is 0. The molecule has 1 unspecified atom stereocenters. The second-order valence-corrected chi connectivity index (χ2v) is 3.08. The zero-order valence-electron chi connectivity index (χ0n) is 8.70. The highest BCUT2D eigenvalue weighted by atomic mass is 15.1. The molecule has 4 nitrogen and oxygen atoms in total. The second kappa shape index (κ2) is 5.40. The van der Waals surface area contributed by atoms with Crippen LogP contribution in [0.25, 0.3) is 0 Å². The van der Waals surface area contributed by atoms with Crippen LogP contribution in [0.1, 0.15) is 32.1 Å². The first kappa shape index (κ1) is 10.7. The first-order valence-corrected chi connectivity index (χ1v) is 4.95. The third kappa shape index (κ3) is 2.33. The van der Waals surface area contributed by atoms with Crippen LogP contribution in [0.15, 0.2) is 12.4 Å². The van der Waals surface area contributed by atoms with Gasteiger partial charge < -0.3 is 9.88 Å². The van der Waals surface area contributed by atoms with Gasteiger partial charge in [-0.2, -0.15) is 5.26 Å². The van der Waals surface area contributed by atoms with Crippen LogP contribution in [0.2, 0.25) is 0 Å². The predicted molar refractivity (Wildman–Crippen MR) is 54.5 cm³/mol. The lowest BCUT2D eigenvalue weighted by Crippen LogP contribution is -2.18. The van der Waals surface area contributed by atoms with E-state index in [2.05, 4.69) is 23.3 Å². The molecule has 0 spiro atoms. The summed E-state index contributed by atoms with van der Waals surface area (Å²) in [6.45, 7) is 5.69. The molecule has 0 aromatic carbocycles. The van der Waals surface area contributed by atoms with Crippen LogP contribution in [0.5, 0.6) is 0 Å². The van der Waals surface area contributed by atoms with Gasteiger partial charge in [0.05, 0.1) is 12.6 Å². The van der Waals surface area contributed by atoms with Gasteiger partial charge in [-0.25, -0.2) is 4.98 Å². The zero-order chi connectivity index (χ0) is 10.4. The standard InChI is InChI=1S/C10H16N4/c1-3-9(7-11)14-6-5-13-10(14)8-12-4-2/h5-6,9,12H,3-4,8H2,1-2H3. The number of aromatic nitrogens is 2. The summed E-state index contributed by atoms with van der Waals surface area (Å²) < 4.78 is 1.93. The average molecular weight is 192 g/mol. The fourth-order valence-electron chi connectivity index (χ4n) is 1.35. The van der Waals surface area contributed by atoms with E-state index in [0.29, 0.717) is 0 Å². The molecular formula is C10H16N4. The molecule has 1 aromatic heterocycles. The maximum absolute atomic E-state index is 8.93. The molecule has 76 valence electrons. The van der Waals surface area contributed by atoms with Crippen molar-refractivity contribution in [2.75, 3.05) is 6.54 Å². The molecule has 0 amide bonds. The first-order chi connectivity index (χ1) is 6.83. The van der Waals surface area contributed by atoms with Gasteiger partial charge in [-0.05, 0) is 13.0 Å². The Labute approximate surface area is 84.6 Å².